The number of aryl methyl sites for hydroxylation is 1. The standard InChI is InChI=1S/C14H22N4O/c1-17-13(19)11-4-2-3-5-12(11)16-14(17)18-8-6-10(15)7-9-18/h10H,2-9,15H2,1H3. The molecule has 1 aromatic heterocycles. The van der Waals surface area contributed by atoms with E-state index >= 15 is 0 Å². The van der Waals surface area contributed by atoms with Crippen molar-refractivity contribution in [2.75, 3.05) is 18.0 Å². The van der Waals surface area contributed by atoms with Gasteiger partial charge in [-0.1, -0.05) is 0 Å². The summed E-state index contributed by atoms with van der Waals surface area (Å²) < 4.78 is 1.72. The summed E-state index contributed by atoms with van der Waals surface area (Å²) in [6, 6.07) is 0.297. The van der Waals surface area contributed by atoms with Gasteiger partial charge in [0.2, 0.25) is 5.95 Å². The second-order valence-electron chi connectivity index (χ2n) is 5.73. The van der Waals surface area contributed by atoms with Gasteiger partial charge in [0.05, 0.1) is 5.69 Å². The molecule has 0 amide bonds. The molecule has 1 aromatic rings. The first kappa shape index (κ1) is 12.7. The van der Waals surface area contributed by atoms with Gasteiger partial charge in [-0.15, -0.1) is 0 Å². The quantitative estimate of drug-likeness (QED) is 0.804. The van der Waals surface area contributed by atoms with Gasteiger partial charge >= 0.3 is 0 Å². The molecule has 0 saturated carbocycles. The molecule has 1 aliphatic heterocycles. The fraction of sp³-hybridized carbons (Fsp3) is 0.714. The zero-order valence-corrected chi connectivity index (χ0v) is 11.6. The van der Waals surface area contributed by atoms with Crippen molar-refractivity contribution in [3.63, 3.8) is 0 Å². The predicted molar refractivity (Wildman–Crippen MR) is 75.5 cm³/mol. The van der Waals surface area contributed by atoms with Gasteiger partial charge in [0.25, 0.3) is 5.56 Å². The van der Waals surface area contributed by atoms with Gasteiger partial charge in [0.1, 0.15) is 0 Å². The highest BCUT2D eigenvalue weighted by Gasteiger charge is 2.23. The number of nitrogens with zero attached hydrogens (tertiary/aromatic N) is 3. The van der Waals surface area contributed by atoms with E-state index in [1.807, 2.05) is 7.05 Å². The molecule has 1 fully saturated rings. The third kappa shape index (κ3) is 2.27. The van der Waals surface area contributed by atoms with Crippen molar-refractivity contribution in [1.29, 1.82) is 0 Å². The van der Waals surface area contributed by atoms with Crippen LogP contribution in [0.1, 0.15) is 36.9 Å². The lowest BCUT2D eigenvalue weighted by Gasteiger charge is -2.32. The lowest BCUT2D eigenvalue weighted by Crippen LogP contribution is -2.43. The molecule has 0 aromatic carbocycles. The van der Waals surface area contributed by atoms with Crippen molar-refractivity contribution in [3.8, 4) is 0 Å². The molecule has 0 bridgehead atoms. The number of rotatable bonds is 1. The van der Waals surface area contributed by atoms with Crippen LogP contribution in [0.5, 0.6) is 0 Å². The SMILES string of the molecule is Cn1c(N2CCC(N)CC2)nc2c(c1=O)CCCC2. The van der Waals surface area contributed by atoms with E-state index in [-0.39, 0.29) is 5.56 Å². The minimum absolute atomic E-state index is 0.148. The maximum atomic E-state index is 12.4. The number of anilines is 1. The first-order valence-corrected chi connectivity index (χ1v) is 7.26. The van der Waals surface area contributed by atoms with E-state index in [1.165, 1.54) is 0 Å². The summed E-state index contributed by atoms with van der Waals surface area (Å²) >= 11 is 0. The molecule has 1 aliphatic carbocycles. The van der Waals surface area contributed by atoms with Crippen LogP contribution >= 0.6 is 0 Å². The van der Waals surface area contributed by atoms with Crippen molar-refractivity contribution >= 4 is 5.95 Å². The summed E-state index contributed by atoms with van der Waals surface area (Å²) in [6.07, 6.45) is 6.06. The molecule has 0 radical (unpaired) electrons. The maximum absolute atomic E-state index is 12.4. The lowest BCUT2D eigenvalue weighted by atomic mass is 9.97. The Morgan fingerprint density at radius 2 is 1.89 bits per heavy atom. The molecule has 5 nitrogen and oxygen atoms in total. The monoisotopic (exact) mass is 262 g/mol. The Kier molecular flexibility index (Phi) is 3.31. The average Bonchev–Trinajstić information content (AvgIpc) is 2.44. The van der Waals surface area contributed by atoms with Crippen molar-refractivity contribution in [1.82, 2.24) is 9.55 Å². The minimum Gasteiger partial charge on any atom is -0.342 e. The van der Waals surface area contributed by atoms with Crippen LogP contribution in [0.15, 0.2) is 4.79 Å². The van der Waals surface area contributed by atoms with E-state index in [1.54, 1.807) is 4.57 Å². The van der Waals surface area contributed by atoms with E-state index in [0.717, 1.165) is 68.8 Å². The van der Waals surface area contributed by atoms with Crippen molar-refractivity contribution in [2.24, 2.45) is 12.8 Å². The second kappa shape index (κ2) is 4.96. The predicted octanol–water partition coefficient (Wildman–Crippen LogP) is 0.587. The molecule has 0 spiro atoms. The zero-order valence-electron chi connectivity index (χ0n) is 11.6. The zero-order chi connectivity index (χ0) is 13.4. The van der Waals surface area contributed by atoms with Crippen LogP contribution in [0.2, 0.25) is 0 Å². The molecule has 2 heterocycles. The number of nitrogens with two attached hydrogens (primary N) is 1. The van der Waals surface area contributed by atoms with E-state index in [4.69, 9.17) is 10.7 Å². The highest BCUT2D eigenvalue weighted by molar-refractivity contribution is 5.36. The van der Waals surface area contributed by atoms with Gasteiger partial charge in [0, 0.05) is 31.7 Å². The van der Waals surface area contributed by atoms with E-state index < -0.39 is 0 Å². The van der Waals surface area contributed by atoms with E-state index in [9.17, 15) is 4.79 Å². The Morgan fingerprint density at radius 3 is 2.63 bits per heavy atom. The van der Waals surface area contributed by atoms with Gasteiger partial charge in [-0.3, -0.25) is 9.36 Å². The molecular formula is C14H22N4O. The summed E-state index contributed by atoms with van der Waals surface area (Å²) in [5.74, 6) is 0.831. The van der Waals surface area contributed by atoms with Gasteiger partial charge in [-0.2, -0.15) is 0 Å². The van der Waals surface area contributed by atoms with Crippen molar-refractivity contribution in [2.45, 2.75) is 44.6 Å². The number of fused-ring (bicyclic) bond motifs is 1. The number of hydrogen-bond acceptors (Lipinski definition) is 4. The van der Waals surface area contributed by atoms with Gasteiger partial charge < -0.3 is 10.6 Å². The van der Waals surface area contributed by atoms with Gasteiger partial charge in [-0.05, 0) is 38.5 Å². The number of aromatic nitrogens is 2. The van der Waals surface area contributed by atoms with Crippen molar-refractivity contribution < 1.29 is 0 Å². The Hall–Kier alpha value is -1.36. The molecule has 1 saturated heterocycles. The van der Waals surface area contributed by atoms with E-state index in [2.05, 4.69) is 4.90 Å². The molecule has 0 unspecified atom stereocenters. The van der Waals surface area contributed by atoms with Crippen LogP contribution < -0.4 is 16.2 Å². The largest absolute Gasteiger partial charge is 0.342 e. The third-order valence-electron chi connectivity index (χ3n) is 4.36. The third-order valence-corrected chi connectivity index (χ3v) is 4.36. The normalized spacial score (nSPS) is 20.4. The summed E-state index contributed by atoms with van der Waals surface area (Å²) in [5, 5.41) is 0. The van der Waals surface area contributed by atoms with Crippen LogP contribution in [0.25, 0.3) is 0 Å². The molecule has 3 rings (SSSR count). The fourth-order valence-corrected chi connectivity index (χ4v) is 3.11. The van der Waals surface area contributed by atoms with Crippen LogP contribution in [0, 0.1) is 0 Å². The van der Waals surface area contributed by atoms with E-state index in [0.29, 0.717) is 6.04 Å². The van der Waals surface area contributed by atoms with Gasteiger partial charge in [-0.25, -0.2) is 4.98 Å². The average molecular weight is 262 g/mol. The maximum Gasteiger partial charge on any atom is 0.258 e. The summed E-state index contributed by atoms with van der Waals surface area (Å²) in [4.78, 5) is 19.4. The van der Waals surface area contributed by atoms with Gasteiger partial charge in [0.15, 0.2) is 0 Å². The first-order chi connectivity index (χ1) is 9.16. The first-order valence-electron chi connectivity index (χ1n) is 7.26. The van der Waals surface area contributed by atoms with Crippen LogP contribution in [-0.4, -0.2) is 28.7 Å². The smallest absolute Gasteiger partial charge is 0.258 e. The fourth-order valence-electron chi connectivity index (χ4n) is 3.11. The summed E-state index contributed by atoms with van der Waals surface area (Å²) in [6.45, 7) is 1.81. The molecule has 5 heteroatoms. The Balaban J connectivity index is 1.98. The second-order valence-corrected chi connectivity index (χ2v) is 5.73. The highest BCUT2D eigenvalue weighted by atomic mass is 16.1. The topological polar surface area (TPSA) is 64.2 Å². The number of hydrogen-bond donors (Lipinski definition) is 1. The minimum atomic E-state index is 0.148. The molecule has 104 valence electrons. The van der Waals surface area contributed by atoms with Crippen LogP contribution in [-0.2, 0) is 19.9 Å². The highest BCUT2D eigenvalue weighted by Crippen LogP contribution is 2.21. The lowest BCUT2D eigenvalue weighted by molar-refractivity contribution is 0.487. The molecule has 0 atom stereocenters. The summed E-state index contributed by atoms with van der Waals surface area (Å²) in [5.41, 5.74) is 8.05. The Morgan fingerprint density at radius 1 is 1.21 bits per heavy atom. The Labute approximate surface area is 113 Å². The molecular weight excluding hydrogens is 240 g/mol. The Bertz CT molecular complexity index is 529. The van der Waals surface area contributed by atoms with Crippen molar-refractivity contribution in [3.05, 3.63) is 21.6 Å². The summed E-state index contributed by atoms with van der Waals surface area (Å²) in [7, 11) is 1.84. The van der Waals surface area contributed by atoms with Crippen LogP contribution in [0.4, 0.5) is 5.95 Å². The van der Waals surface area contributed by atoms with Crippen LogP contribution in [0.3, 0.4) is 0 Å². The molecule has 19 heavy (non-hydrogen) atoms. The molecule has 2 aliphatic rings. The number of piperidine rings is 1. The molecule has 2 N–H and O–H groups in total.